The Hall–Kier alpha value is -1.49. The summed E-state index contributed by atoms with van der Waals surface area (Å²) < 4.78 is 26.3. The van der Waals surface area contributed by atoms with Gasteiger partial charge in [-0.05, 0) is 25.3 Å². The Labute approximate surface area is 167 Å². The minimum absolute atomic E-state index is 0.0553. The highest BCUT2D eigenvalue weighted by atomic mass is 32.2. The first-order valence-electron chi connectivity index (χ1n) is 8.77. The fraction of sp³-hybridized carbons (Fsp3) is 0.471. The van der Waals surface area contributed by atoms with Crippen LogP contribution in [0.1, 0.15) is 25.3 Å². The van der Waals surface area contributed by atoms with Crippen LogP contribution in [0.4, 0.5) is 5.13 Å². The zero-order chi connectivity index (χ0) is 19.3. The highest BCUT2D eigenvalue weighted by Crippen LogP contribution is 2.29. The molecule has 2 heterocycles. The summed E-state index contributed by atoms with van der Waals surface area (Å²) in [4.78, 5) is 12.5. The van der Waals surface area contributed by atoms with Crippen LogP contribution in [0.2, 0.25) is 0 Å². The van der Waals surface area contributed by atoms with Gasteiger partial charge in [0.05, 0.1) is 11.7 Å². The average Bonchev–Trinajstić information content (AvgIpc) is 3.14. The number of amides is 1. The van der Waals surface area contributed by atoms with E-state index in [2.05, 4.69) is 27.6 Å². The van der Waals surface area contributed by atoms with Crippen LogP contribution in [-0.4, -0.2) is 47.7 Å². The number of nitrogens with zero attached hydrogens (tertiary/aromatic N) is 3. The molecule has 10 heteroatoms. The number of benzene rings is 1. The first-order chi connectivity index (χ1) is 13.0. The summed E-state index contributed by atoms with van der Waals surface area (Å²) in [6.07, 6.45) is 1.36. The lowest BCUT2D eigenvalue weighted by Gasteiger charge is -2.30. The van der Waals surface area contributed by atoms with E-state index in [1.807, 2.05) is 18.2 Å². The van der Waals surface area contributed by atoms with E-state index in [9.17, 15) is 13.2 Å². The van der Waals surface area contributed by atoms with E-state index in [1.54, 1.807) is 18.7 Å². The Bertz CT molecular complexity index is 871. The summed E-state index contributed by atoms with van der Waals surface area (Å²) in [6, 6.07) is 10.1. The van der Waals surface area contributed by atoms with E-state index in [0.717, 1.165) is 10.1 Å². The number of rotatable bonds is 7. The van der Waals surface area contributed by atoms with Crippen molar-refractivity contribution in [2.45, 2.75) is 29.9 Å². The Kier molecular flexibility index (Phi) is 6.85. The zero-order valence-electron chi connectivity index (χ0n) is 15.0. The zero-order valence-corrected chi connectivity index (χ0v) is 17.4. The van der Waals surface area contributed by atoms with Crippen molar-refractivity contribution in [3.63, 3.8) is 0 Å². The summed E-state index contributed by atoms with van der Waals surface area (Å²) in [6.45, 7) is 2.34. The maximum atomic E-state index is 12.5. The van der Waals surface area contributed by atoms with E-state index in [1.165, 1.54) is 21.2 Å². The van der Waals surface area contributed by atoms with Crippen LogP contribution in [0.25, 0.3) is 0 Å². The standard InChI is InChI=1S/C17H22N4O3S3/c1-2-27(23,24)21-10-6-9-14(11-21)15(22)18-16-19-20-17(26-16)25-12-13-7-4-3-5-8-13/h3-5,7-8,14H,2,6,9-12H2,1H3,(H,18,19,22). The Morgan fingerprint density at radius 3 is 2.85 bits per heavy atom. The van der Waals surface area contributed by atoms with Gasteiger partial charge in [-0.15, -0.1) is 10.2 Å². The lowest BCUT2D eigenvalue weighted by atomic mass is 9.99. The van der Waals surface area contributed by atoms with E-state index >= 15 is 0 Å². The second-order valence-electron chi connectivity index (χ2n) is 6.23. The Morgan fingerprint density at radius 2 is 2.11 bits per heavy atom. The second-order valence-corrected chi connectivity index (χ2v) is 10.7. The van der Waals surface area contributed by atoms with Crippen molar-refractivity contribution >= 4 is 44.2 Å². The van der Waals surface area contributed by atoms with Crippen LogP contribution >= 0.6 is 23.1 Å². The third-order valence-corrected chi connectivity index (χ3v) is 8.25. The Balaban J connectivity index is 1.54. The summed E-state index contributed by atoms with van der Waals surface area (Å²) in [5.41, 5.74) is 1.20. The highest BCUT2D eigenvalue weighted by molar-refractivity contribution is 8.00. The lowest BCUT2D eigenvalue weighted by Crippen LogP contribution is -2.44. The fourth-order valence-corrected chi connectivity index (χ4v) is 5.73. The number of nitrogens with one attached hydrogen (secondary N) is 1. The number of aromatic nitrogens is 2. The molecule has 1 aliphatic heterocycles. The minimum Gasteiger partial charge on any atom is -0.300 e. The number of anilines is 1. The van der Waals surface area contributed by atoms with Crippen LogP contribution in [0, 0.1) is 5.92 Å². The number of sulfonamides is 1. The van der Waals surface area contributed by atoms with Crippen LogP contribution in [-0.2, 0) is 20.6 Å². The molecule has 0 spiro atoms. The molecule has 0 radical (unpaired) electrons. The van der Waals surface area contributed by atoms with Crippen LogP contribution < -0.4 is 5.32 Å². The second kappa shape index (κ2) is 9.13. The van der Waals surface area contributed by atoms with Crippen molar-refractivity contribution in [3.8, 4) is 0 Å². The number of hydrogen-bond acceptors (Lipinski definition) is 7. The van der Waals surface area contributed by atoms with Gasteiger partial charge >= 0.3 is 0 Å². The van der Waals surface area contributed by atoms with Gasteiger partial charge in [-0.2, -0.15) is 0 Å². The molecule has 2 aromatic rings. The molecule has 1 aliphatic rings. The largest absolute Gasteiger partial charge is 0.300 e. The van der Waals surface area contributed by atoms with Crippen molar-refractivity contribution < 1.29 is 13.2 Å². The normalized spacial score (nSPS) is 18.3. The molecule has 0 bridgehead atoms. The molecule has 146 valence electrons. The molecule has 1 aromatic carbocycles. The summed E-state index contributed by atoms with van der Waals surface area (Å²) in [5.74, 6) is 0.293. The van der Waals surface area contributed by atoms with E-state index in [4.69, 9.17) is 0 Å². The summed E-state index contributed by atoms with van der Waals surface area (Å²) >= 11 is 2.90. The molecule has 0 saturated carbocycles. The van der Waals surface area contributed by atoms with Crippen LogP contribution in [0.3, 0.4) is 0 Å². The number of carbonyl (C=O) groups excluding carboxylic acids is 1. The Morgan fingerprint density at radius 1 is 1.33 bits per heavy atom. The average molecular weight is 427 g/mol. The monoisotopic (exact) mass is 426 g/mol. The third kappa shape index (κ3) is 5.50. The van der Waals surface area contributed by atoms with Gasteiger partial charge in [0.2, 0.25) is 21.1 Å². The summed E-state index contributed by atoms with van der Waals surface area (Å²) in [7, 11) is -3.27. The molecule has 7 nitrogen and oxygen atoms in total. The summed E-state index contributed by atoms with van der Waals surface area (Å²) in [5, 5.41) is 11.4. The van der Waals surface area contributed by atoms with Crippen LogP contribution in [0.15, 0.2) is 34.7 Å². The van der Waals surface area contributed by atoms with Gasteiger partial charge in [-0.25, -0.2) is 12.7 Å². The lowest BCUT2D eigenvalue weighted by molar-refractivity contribution is -0.120. The van der Waals surface area contributed by atoms with Crippen molar-refractivity contribution in [3.05, 3.63) is 35.9 Å². The van der Waals surface area contributed by atoms with Crippen LogP contribution in [0.5, 0.6) is 0 Å². The first-order valence-corrected chi connectivity index (χ1v) is 12.2. The predicted octanol–water partition coefficient (Wildman–Crippen LogP) is 2.83. The molecule has 1 unspecified atom stereocenters. The predicted molar refractivity (Wildman–Crippen MR) is 108 cm³/mol. The molecular weight excluding hydrogens is 404 g/mol. The van der Waals surface area contributed by atoms with Crippen molar-refractivity contribution in [1.82, 2.24) is 14.5 Å². The minimum atomic E-state index is -3.27. The number of hydrogen-bond donors (Lipinski definition) is 1. The molecule has 1 amide bonds. The third-order valence-electron chi connectivity index (χ3n) is 4.35. The van der Waals surface area contributed by atoms with Gasteiger partial charge in [0, 0.05) is 18.8 Å². The molecule has 3 rings (SSSR count). The van der Waals surface area contributed by atoms with Crippen molar-refractivity contribution in [2.75, 3.05) is 24.2 Å². The van der Waals surface area contributed by atoms with E-state index in [0.29, 0.717) is 24.5 Å². The van der Waals surface area contributed by atoms with Gasteiger partial charge in [-0.1, -0.05) is 53.4 Å². The first kappa shape index (κ1) is 20.2. The molecule has 1 saturated heterocycles. The highest BCUT2D eigenvalue weighted by Gasteiger charge is 2.31. The smallest absolute Gasteiger partial charge is 0.230 e. The maximum Gasteiger partial charge on any atom is 0.230 e. The molecule has 1 atom stereocenters. The van der Waals surface area contributed by atoms with Gasteiger partial charge in [0.15, 0.2) is 4.34 Å². The number of piperidine rings is 1. The molecule has 1 fully saturated rings. The number of carbonyl (C=O) groups is 1. The van der Waals surface area contributed by atoms with Gasteiger partial charge < -0.3 is 5.32 Å². The quantitative estimate of drug-likeness (QED) is 0.541. The molecule has 1 aromatic heterocycles. The topological polar surface area (TPSA) is 92.3 Å². The van der Waals surface area contributed by atoms with Gasteiger partial charge in [0.1, 0.15) is 0 Å². The SMILES string of the molecule is CCS(=O)(=O)N1CCCC(C(=O)Nc2nnc(SCc3ccccc3)s2)C1. The van der Waals surface area contributed by atoms with Gasteiger partial charge in [0.25, 0.3) is 0 Å². The molecule has 27 heavy (non-hydrogen) atoms. The number of thioether (sulfide) groups is 1. The van der Waals surface area contributed by atoms with E-state index in [-0.39, 0.29) is 24.1 Å². The molecular formula is C17H22N4O3S3. The maximum absolute atomic E-state index is 12.5. The molecule has 1 N–H and O–H groups in total. The fourth-order valence-electron chi connectivity index (χ4n) is 2.84. The van der Waals surface area contributed by atoms with Crippen molar-refractivity contribution in [2.24, 2.45) is 5.92 Å². The van der Waals surface area contributed by atoms with Gasteiger partial charge in [-0.3, -0.25) is 4.79 Å². The van der Waals surface area contributed by atoms with E-state index < -0.39 is 10.0 Å². The molecule has 0 aliphatic carbocycles. The van der Waals surface area contributed by atoms with Crippen molar-refractivity contribution in [1.29, 1.82) is 0 Å².